The first-order chi connectivity index (χ1) is 15.1. The monoisotopic (exact) mass is 446 g/mol. The Morgan fingerprint density at radius 2 is 2.16 bits per heavy atom. The van der Waals surface area contributed by atoms with Gasteiger partial charge in [-0.05, 0) is 43.4 Å². The summed E-state index contributed by atoms with van der Waals surface area (Å²) in [6.07, 6.45) is 4.43. The molecule has 0 bridgehead atoms. The maximum Gasteiger partial charge on any atom is 0.143 e. The number of alkyl halides is 1. The Morgan fingerprint density at radius 1 is 1.32 bits per heavy atom. The van der Waals surface area contributed by atoms with E-state index in [1.807, 2.05) is 24.3 Å². The number of nitrogens with one attached hydrogen (secondary N) is 2. The number of ether oxygens (including phenoxy) is 1. The lowest BCUT2D eigenvalue weighted by atomic mass is 9.97. The Labute approximate surface area is 187 Å². The van der Waals surface area contributed by atoms with Crippen molar-refractivity contribution in [2.45, 2.75) is 31.7 Å². The zero-order chi connectivity index (χ0) is 21.6. The first-order valence-corrected chi connectivity index (χ1v) is 11.3. The Bertz CT molecular complexity index is 907. The molecular weight excluding hydrogens is 419 g/mol. The number of aromatic nitrogens is 2. The molecule has 4 heterocycles. The summed E-state index contributed by atoms with van der Waals surface area (Å²) in [7, 11) is 0. The molecule has 0 saturated carbocycles. The fourth-order valence-electron chi connectivity index (χ4n) is 4.16. The standard InChI is InChI=1S/C23H28ClFN4O2/c24-20-14-27-17(10-22(30)16-8-18(11-25)26-13-16)9-19(20)21-2-1-3-23(29-21)28-12-15-4-6-31-7-5-15/h1-3,9,14-16,18,26H,4-8,10-13H2,(H,28,29)/t16-,18-/m0/s1. The van der Waals surface area contributed by atoms with Crippen molar-refractivity contribution in [1.82, 2.24) is 15.3 Å². The predicted molar refractivity (Wildman–Crippen MR) is 119 cm³/mol. The van der Waals surface area contributed by atoms with Gasteiger partial charge in [-0.1, -0.05) is 17.7 Å². The van der Waals surface area contributed by atoms with E-state index in [4.69, 9.17) is 21.3 Å². The smallest absolute Gasteiger partial charge is 0.143 e. The van der Waals surface area contributed by atoms with E-state index in [0.29, 0.717) is 29.6 Å². The average Bonchev–Trinajstić information content (AvgIpc) is 3.29. The summed E-state index contributed by atoms with van der Waals surface area (Å²) in [5, 5.41) is 6.96. The number of hydrogen-bond donors (Lipinski definition) is 2. The molecule has 2 N–H and O–H groups in total. The van der Waals surface area contributed by atoms with Crippen molar-refractivity contribution in [3.8, 4) is 11.3 Å². The molecule has 0 unspecified atom stereocenters. The summed E-state index contributed by atoms with van der Waals surface area (Å²) in [4.78, 5) is 21.7. The zero-order valence-electron chi connectivity index (χ0n) is 17.4. The number of halogens is 2. The van der Waals surface area contributed by atoms with Crippen molar-refractivity contribution in [2.24, 2.45) is 11.8 Å². The number of carbonyl (C=O) groups is 1. The second-order valence-electron chi connectivity index (χ2n) is 8.34. The predicted octanol–water partition coefficient (Wildman–Crippen LogP) is 3.69. The molecule has 2 aromatic rings. The zero-order valence-corrected chi connectivity index (χ0v) is 18.2. The van der Waals surface area contributed by atoms with Crippen LogP contribution >= 0.6 is 11.6 Å². The topological polar surface area (TPSA) is 76.1 Å². The second-order valence-corrected chi connectivity index (χ2v) is 8.74. The van der Waals surface area contributed by atoms with Crippen molar-refractivity contribution in [3.63, 3.8) is 0 Å². The molecule has 2 saturated heterocycles. The summed E-state index contributed by atoms with van der Waals surface area (Å²) >= 11 is 6.41. The highest BCUT2D eigenvalue weighted by Gasteiger charge is 2.29. The molecule has 2 aliphatic rings. The minimum absolute atomic E-state index is 0.0732. The number of carbonyl (C=O) groups excluding carboxylic acids is 1. The molecule has 0 aromatic carbocycles. The second kappa shape index (κ2) is 10.5. The van der Waals surface area contributed by atoms with Gasteiger partial charge in [0.15, 0.2) is 0 Å². The van der Waals surface area contributed by atoms with Crippen LogP contribution in [0.1, 0.15) is 25.0 Å². The lowest BCUT2D eigenvalue weighted by Gasteiger charge is -2.22. The number of nitrogens with zero attached hydrogens (tertiary/aromatic N) is 2. The minimum atomic E-state index is -0.447. The molecule has 8 heteroatoms. The van der Waals surface area contributed by atoms with Crippen molar-refractivity contribution in [1.29, 1.82) is 0 Å². The van der Waals surface area contributed by atoms with Gasteiger partial charge in [-0.3, -0.25) is 9.78 Å². The first-order valence-electron chi connectivity index (χ1n) is 10.9. The van der Waals surface area contributed by atoms with E-state index in [0.717, 1.165) is 49.7 Å². The SMILES string of the molecule is O=C(Cc1cc(-c2cccc(NCC3CCOCC3)n2)c(Cl)cn1)[C@@H]1CN[C@H](CF)C1. The third kappa shape index (κ3) is 5.79. The highest BCUT2D eigenvalue weighted by Crippen LogP contribution is 2.28. The average molecular weight is 447 g/mol. The molecule has 31 heavy (non-hydrogen) atoms. The molecular formula is C23H28ClFN4O2. The molecule has 2 fully saturated rings. The first kappa shape index (κ1) is 22.1. The Hall–Kier alpha value is -2.09. The van der Waals surface area contributed by atoms with Crippen LogP contribution in [0.3, 0.4) is 0 Å². The van der Waals surface area contributed by atoms with Crippen LogP contribution in [0.4, 0.5) is 10.2 Å². The maximum atomic E-state index is 12.8. The molecule has 2 atom stereocenters. The van der Waals surface area contributed by atoms with Crippen molar-refractivity contribution in [3.05, 3.63) is 41.2 Å². The van der Waals surface area contributed by atoms with E-state index in [-0.39, 0.29) is 24.2 Å². The van der Waals surface area contributed by atoms with Crippen LogP contribution in [0.15, 0.2) is 30.5 Å². The Balaban J connectivity index is 1.43. The lowest BCUT2D eigenvalue weighted by Crippen LogP contribution is -2.23. The fourth-order valence-corrected chi connectivity index (χ4v) is 4.36. The number of ketones is 1. The molecule has 6 nitrogen and oxygen atoms in total. The van der Waals surface area contributed by atoms with E-state index in [1.54, 1.807) is 6.20 Å². The Kier molecular flexibility index (Phi) is 7.48. The molecule has 0 radical (unpaired) electrons. The van der Waals surface area contributed by atoms with Crippen LogP contribution < -0.4 is 10.6 Å². The number of anilines is 1. The molecule has 2 aliphatic heterocycles. The van der Waals surface area contributed by atoms with Gasteiger partial charge in [0, 0.05) is 62.1 Å². The van der Waals surface area contributed by atoms with Crippen LogP contribution in [0.25, 0.3) is 11.3 Å². The fraction of sp³-hybridized carbons (Fsp3) is 0.522. The number of Topliss-reactive ketones (excluding diaryl/α,β-unsaturated/α-hetero) is 1. The largest absolute Gasteiger partial charge is 0.381 e. The minimum Gasteiger partial charge on any atom is -0.381 e. The highest BCUT2D eigenvalue weighted by molar-refractivity contribution is 6.33. The van der Waals surface area contributed by atoms with Crippen molar-refractivity contribution >= 4 is 23.2 Å². The van der Waals surface area contributed by atoms with Crippen LogP contribution in [0.5, 0.6) is 0 Å². The molecule has 0 amide bonds. The lowest BCUT2D eigenvalue weighted by molar-refractivity contribution is -0.121. The Morgan fingerprint density at radius 3 is 2.94 bits per heavy atom. The number of rotatable bonds is 8. The van der Waals surface area contributed by atoms with E-state index in [1.165, 1.54) is 0 Å². The highest BCUT2D eigenvalue weighted by atomic mass is 35.5. The van der Waals surface area contributed by atoms with Gasteiger partial charge in [0.25, 0.3) is 0 Å². The van der Waals surface area contributed by atoms with Crippen LogP contribution in [-0.4, -0.2) is 54.8 Å². The van der Waals surface area contributed by atoms with Gasteiger partial charge < -0.3 is 15.4 Å². The van der Waals surface area contributed by atoms with Crippen LogP contribution in [0, 0.1) is 11.8 Å². The summed E-state index contributed by atoms with van der Waals surface area (Å²) in [6, 6.07) is 7.40. The van der Waals surface area contributed by atoms with E-state index < -0.39 is 6.67 Å². The van der Waals surface area contributed by atoms with Gasteiger partial charge in [0.2, 0.25) is 0 Å². The summed E-state index contributed by atoms with van der Waals surface area (Å²) in [5.74, 6) is 1.29. The van der Waals surface area contributed by atoms with E-state index in [2.05, 4.69) is 15.6 Å². The van der Waals surface area contributed by atoms with Gasteiger partial charge in [0.1, 0.15) is 18.3 Å². The van der Waals surface area contributed by atoms with Gasteiger partial charge in [-0.15, -0.1) is 0 Å². The molecule has 0 aliphatic carbocycles. The third-order valence-electron chi connectivity index (χ3n) is 6.07. The molecule has 4 rings (SSSR count). The van der Waals surface area contributed by atoms with Crippen LogP contribution in [-0.2, 0) is 16.0 Å². The van der Waals surface area contributed by atoms with Crippen LogP contribution in [0.2, 0.25) is 5.02 Å². The van der Waals surface area contributed by atoms with Gasteiger partial charge in [0.05, 0.1) is 10.7 Å². The number of hydrogen-bond acceptors (Lipinski definition) is 6. The van der Waals surface area contributed by atoms with Crippen molar-refractivity contribution in [2.75, 3.05) is 38.3 Å². The quantitative estimate of drug-likeness (QED) is 0.644. The van der Waals surface area contributed by atoms with Gasteiger partial charge >= 0.3 is 0 Å². The molecule has 166 valence electrons. The summed E-state index contributed by atoms with van der Waals surface area (Å²) in [5.41, 5.74) is 2.13. The normalized spacial score (nSPS) is 21.9. The molecule has 2 aromatic heterocycles. The molecule has 0 spiro atoms. The van der Waals surface area contributed by atoms with Crippen molar-refractivity contribution < 1.29 is 13.9 Å². The summed E-state index contributed by atoms with van der Waals surface area (Å²) in [6.45, 7) is 2.57. The van der Waals surface area contributed by atoms with Gasteiger partial charge in [-0.2, -0.15) is 0 Å². The van der Waals surface area contributed by atoms with Gasteiger partial charge in [-0.25, -0.2) is 9.37 Å². The van der Waals surface area contributed by atoms with E-state index >= 15 is 0 Å². The van der Waals surface area contributed by atoms with E-state index in [9.17, 15) is 9.18 Å². The summed E-state index contributed by atoms with van der Waals surface area (Å²) < 4.78 is 18.2. The third-order valence-corrected chi connectivity index (χ3v) is 6.37. The maximum absolute atomic E-state index is 12.8. The number of pyridine rings is 2.